The Kier molecular flexibility index (Phi) is 11.4. The molecule has 270 valence electrons. The van der Waals surface area contributed by atoms with E-state index in [1.54, 1.807) is 13.2 Å². The molecule has 51 heavy (non-hydrogen) atoms. The largest absolute Gasteiger partial charge is 0.416 e. The van der Waals surface area contributed by atoms with Crippen LogP contribution in [-0.4, -0.2) is 66.5 Å². The first-order valence-electron chi connectivity index (χ1n) is 17.6. The maximum Gasteiger partial charge on any atom is 0.416 e. The van der Waals surface area contributed by atoms with Crippen molar-refractivity contribution >= 4 is 5.91 Å². The average Bonchev–Trinajstić information content (AvgIpc) is 3.63. The molecule has 2 aliphatic heterocycles. The Morgan fingerprint density at radius 2 is 1.63 bits per heavy atom. The number of nitrogens with zero attached hydrogens (tertiary/aromatic N) is 3. The highest BCUT2D eigenvalue weighted by Gasteiger charge is 2.34. The van der Waals surface area contributed by atoms with Crippen LogP contribution in [0, 0.1) is 11.6 Å². The minimum Gasteiger partial charge on any atom is -0.383 e. The van der Waals surface area contributed by atoms with Gasteiger partial charge in [0.05, 0.1) is 12.2 Å². The normalized spacial score (nSPS) is 17.2. The Balaban J connectivity index is 1.22. The number of aryl methyl sites for hydroxylation is 1. The van der Waals surface area contributed by atoms with Gasteiger partial charge in [0, 0.05) is 50.7 Å². The molecule has 5 nitrogen and oxygen atoms in total. The summed E-state index contributed by atoms with van der Waals surface area (Å²) < 4.78 is 73.2. The molecule has 3 aromatic carbocycles. The number of allylic oxidation sites excluding steroid dienone is 5. The number of halogens is 5. The summed E-state index contributed by atoms with van der Waals surface area (Å²) >= 11 is 0. The van der Waals surface area contributed by atoms with Crippen LogP contribution in [0.15, 0.2) is 102 Å². The number of carbonyl (C=O) groups is 1. The number of amides is 1. The molecule has 0 saturated carbocycles. The zero-order valence-electron chi connectivity index (χ0n) is 29.0. The van der Waals surface area contributed by atoms with Gasteiger partial charge < -0.3 is 19.4 Å². The van der Waals surface area contributed by atoms with E-state index in [4.69, 9.17) is 4.74 Å². The van der Waals surface area contributed by atoms with Crippen molar-refractivity contribution < 1.29 is 31.5 Å². The number of rotatable bonds is 12. The van der Waals surface area contributed by atoms with Crippen molar-refractivity contribution in [2.45, 2.75) is 63.7 Å². The summed E-state index contributed by atoms with van der Waals surface area (Å²) in [6, 6.07) is 17.0. The van der Waals surface area contributed by atoms with Crippen molar-refractivity contribution in [3.63, 3.8) is 0 Å². The highest BCUT2D eigenvalue weighted by Crippen LogP contribution is 2.40. The predicted molar refractivity (Wildman–Crippen MR) is 188 cm³/mol. The molecule has 1 amide bonds. The molecule has 1 aliphatic carbocycles. The van der Waals surface area contributed by atoms with Gasteiger partial charge >= 0.3 is 6.18 Å². The van der Waals surface area contributed by atoms with Crippen LogP contribution in [0.3, 0.4) is 0 Å². The molecule has 10 heteroatoms. The lowest BCUT2D eigenvalue weighted by Crippen LogP contribution is -2.50. The first-order chi connectivity index (χ1) is 24.5. The third kappa shape index (κ3) is 8.61. The molecule has 0 radical (unpaired) electrons. The maximum atomic E-state index is 14.6. The summed E-state index contributed by atoms with van der Waals surface area (Å²) in [5.41, 5.74) is 6.00. The van der Waals surface area contributed by atoms with Crippen LogP contribution in [0.5, 0.6) is 0 Å². The molecule has 1 saturated heterocycles. The van der Waals surface area contributed by atoms with Gasteiger partial charge in [0.25, 0.3) is 0 Å². The Morgan fingerprint density at radius 3 is 2.29 bits per heavy atom. The van der Waals surface area contributed by atoms with Crippen molar-refractivity contribution in [2.75, 3.05) is 39.9 Å². The smallest absolute Gasteiger partial charge is 0.383 e. The summed E-state index contributed by atoms with van der Waals surface area (Å²) in [6.45, 7) is 7.95. The molecule has 0 N–H and O–H groups in total. The van der Waals surface area contributed by atoms with E-state index in [1.165, 1.54) is 18.2 Å². The molecular formula is C41H44F5N3O2. The zero-order chi connectivity index (χ0) is 36.1. The molecule has 0 bridgehead atoms. The van der Waals surface area contributed by atoms with Gasteiger partial charge in [0.15, 0.2) is 11.6 Å². The molecule has 6 rings (SSSR count). The Bertz CT molecular complexity index is 1770. The number of hydrogen-bond acceptors (Lipinski definition) is 4. The lowest BCUT2D eigenvalue weighted by atomic mass is 9.96. The van der Waals surface area contributed by atoms with Crippen molar-refractivity contribution in [2.24, 2.45) is 0 Å². The molecule has 2 heterocycles. The maximum absolute atomic E-state index is 14.6. The van der Waals surface area contributed by atoms with Gasteiger partial charge in [0.2, 0.25) is 5.91 Å². The van der Waals surface area contributed by atoms with Crippen LogP contribution in [-0.2, 0) is 28.7 Å². The van der Waals surface area contributed by atoms with Gasteiger partial charge in [-0.25, -0.2) is 8.78 Å². The number of alkyl halides is 3. The standard InChI is InChI=1S/C41H44F5N3O2/c1-28-25-35(18-15-32-5-3-7-37(42)40(32)43)48(38-8-4-6-36(28)38)27-39(50)49(34-19-21-47(22-20-34)23-24-51-2)26-29-9-11-30(12-10-29)31-13-16-33(17-14-31)41(44,45)46/h3,5,7,9-14,16-17,25,34H,1,4,6,8,15,18-24,26-27H2,2H3. The fourth-order valence-corrected chi connectivity index (χ4v) is 7.49. The summed E-state index contributed by atoms with van der Waals surface area (Å²) in [5, 5.41) is 0. The van der Waals surface area contributed by atoms with Crippen LogP contribution in [0.25, 0.3) is 11.1 Å². The van der Waals surface area contributed by atoms with Gasteiger partial charge in [-0.15, -0.1) is 0 Å². The monoisotopic (exact) mass is 705 g/mol. The average molecular weight is 706 g/mol. The van der Waals surface area contributed by atoms with Crippen LogP contribution in [0.4, 0.5) is 22.0 Å². The van der Waals surface area contributed by atoms with Crippen molar-refractivity contribution in [1.29, 1.82) is 0 Å². The summed E-state index contributed by atoms with van der Waals surface area (Å²) in [7, 11) is 1.69. The number of benzene rings is 3. The molecule has 1 fully saturated rings. The zero-order valence-corrected chi connectivity index (χ0v) is 29.0. The van der Waals surface area contributed by atoms with Crippen LogP contribution < -0.4 is 0 Å². The quantitative estimate of drug-likeness (QED) is 0.177. The SMILES string of the molecule is C=C1C=C(CCc2cccc(F)c2F)N(CC(=O)N(Cc2ccc(-c3ccc(C(F)(F)F)cc3)cc2)C2CCN(CCOC)CC2)C2=C1CCC2. The molecule has 3 aromatic rings. The van der Waals surface area contributed by atoms with Crippen molar-refractivity contribution in [3.05, 3.63) is 130 Å². The van der Waals surface area contributed by atoms with Gasteiger partial charge in [-0.05, 0) is 103 Å². The number of likely N-dealkylation sites (tertiary alicyclic amines) is 1. The third-order valence-corrected chi connectivity index (χ3v) is 10.3. The molecule has 3 aliphatic rings. The minimum absolute atomic E-state index is 0.0106. The Morgan fingerprint density at radius 1 is 0.941 bits per heavy atom. The first-order valence-corrected chi connectivity index (χ1v) is 17.6. The minimum atomic E-state index is -4.40. The number of piperidine rings is 1. The van der Waals surface area contributed by atoms with E-state index in [9.17, 15) is 26.7 Å². The summed E-state index contributed by atoms with van der Waals surface area (Å²) in [5.74, 6) is -1.74. The fourth-order valence-electron chi connectivity index (χ4n) is 7.49. The summed E-state index contributed by atoms with van der Waals surface area (Å²) in [6.07, 6.45) is 2.59. The van der Waals surface area contributed by atoms with E-state index in [-0.39, 0.29) is 24.9 Å². The van der Waals surface area contributed by atoms with E-state index < -0.39 is 23.4 Å². The third-order valence-electron chi connectivity index (χ3n) is 10.3. The second-order valence-electron chi connectivity index (χ2n) is 13.6. The molecule has 0 unspecified atom stereocenters. The lowest BCUT2D eigenvalue weighted by Gasteiger charge is -2.40. The second-order valence-corrected chi connectivity index (χ2v) is 13.6. The molecule has 0 spiro atoms. The van der Waals surface area contributed by atoms with E-state index in [0.29, 0.717) is 30.7 Å². The Labute approximate surface area is 296 Å². The Hall–Kier alpha value is -4.28. The molecular weight excluding hydrogens is 661 g/mol. The first kappa shape index (κ1) is 36.5. The summed E-state index contributed by atoms with van der Waals surface area (Å²) in [4.78, 5) is 20.9. The number of hydrogen-bond donors (Lipinski definition) is 0. The van der Waals surface area contributed by atoms with Gasteiger partial charge in [0.1, 0.15) is 6.54 Å². The van der Waals surface area contributed by atoms with Gasteiger partial charge in [-0.2, -0.15) is 13.2 Å². The van der Waals surface area contributed by atoms with Crippen LogP contribution >= 0.6 is 0 Å². The van der Waals surface area contributed by atoms with Crippen molar-refractivity contribution in [1.82, 2.24) is 14.7 Å². The number of methoxy groups -OCH3 is 1. The highest BCUT2D eigenvalue weighted by molar-refractivity contribution is 5.79. The fraction of sp³-hybridized carbons (Fsp3) is 0.390. The van der Waals surface area contributed by atoms with E-state index in [2.05, 4.69) is 16.4 Å². The lowest BCUT2D eigenvalue weighted by molar-refractivity contribution is -0.137. The van der Waals surface area contributed by atoms with Crippen LogP contribution in [0.2, 0.25) is 0 Å². The van der Waals surface area contributed by atoms with E-state index in [1.807, 2.05) is 35.2 Å². The number of ether oxygens (including phenoxy) is 1. The second kappa shape index (κ2) is 15.9. The predicted octanol–water partition coefficient (Wildman–Crippen LogP) is 8.92. The molecule has 0 aromatic heterocycles. The van der Waals surface area contributed by atoms with Crippen molar-refractivity contribution in [3.8, 4) is 11.1 Å². The van der Waals surface area contributed by atoms with Gasteiger partial charge in [-0.1, -0.05) is 55.1 Å². The van der Waals surface area contributed by atoms with E-state index in [0.717, 1.165) is 104 Å². The highest BCUT2D eigenvalue weighted by atomic mass is 19.4. The number of carbonyl (C=O) groups excluding carboxylic acids is 1. The van der Waals surface area contributed by atoms with Gasteiger partial charge in [-0.3, -0.25) is 4.79 Å². The van der Waals surface area contributed by atoms with Crippen LogP contribution in [0.1, 0.15) is 55.2 Å². The van der Waals surface area contributed by atoms with E-state index >= 15 is 0 Å². The molecule has 0 atom stereocenters. The topological polar surface area (TPSA) is 36.0 Å².